The molecule has 0 radical (unpaired) electrons. The topological polar surface area (TPSA) is 69.6 Å². The second kappa shape index (κ2) is 10.7. The number of carbonyl (C=O) groups is 2. The highest BCUT2D eigenvalue weighted by molar-refractivity contribution is 5.94. The number of aryl methyl sites for hydroxylation is 1. The van der Waals surface area contributed by atoms with E-state index < -0.39 is 11.6 Å². The molecule has 0 spiro atoms. The normalized spacial score (nSPS) is 18.3. The monoisotopic (exact) mass is 440 g/mol. The molecular weight excluding hydrogens is 407 g/mol. The number of halogens is 1. The number of rotatable bonds is 5. The molecule has 1 saturated heterocycles. The van der Waals surface area contributed by atoms with Gasteiger partial charge < -0.3 is 15.3 Å². The summed E-state index contributed by atoms with van der Waals surface area (Å²) in [5.41, 5.74) is 2.63. The Hall–Kier alpha value is -2.73. The molecular formula is C26H33FN2O3. The number of fused-ring (bicyclic) bond motifs is 1. The van der Waals surface area contributed by atoms with Gasteiger partial charge in [0, 0.05) is 18.2 Å². The Morgan fingerprint density at radius 3 is 2.38 bits per heavy atom. The molecule has 1 unspecified atom stereocenters. The number of hydrogen-bond donors (Lipinski definition) is 2. The fourth-order valence-electron chi connectivity index (χ4n) is 4.18. The maximum Gasteiger partial charge on any atom is 0.340 e. The van der Waals surface area contributed by atoms with E-state index in [0.717, 1.165) is 37.8 Å². The third-order valence-electron chi connectivity index (χ3n) is 6.13. The predicted molar refractivity (Wildman–Crippen MR) is 123 cm³/mol. The predicted octanol–water partition coefficient (Wildman–Crippen LogP) is 4.39. The van der Waals surface area contributed by atoms with Crippen molar-refractivity contribution in [1.82, 2.24) is 10.2 Å². The molecule has 2 N–H and O–H groups in total. The van der Waals surface area contributed by atoms with Gasteiger partial charge in [-0.3, -0.25) is 4.79 Å². The smallest absolute Gasteiger partial charge is 0.340 e. The molecule has 0 aromatic heterocycles. The van der Waals surface area contributed by atoms with E-state index in [9.17, 15) is 14.0 Å². The zero-order valence-corrected chi connectivity index (χ0v) is 18.9. The first-order chi connectivity index (χ1) is 15.2. The van der Waals surface area contributed by atoms with Crippen molar-refractivity contribution in [2.24, 2.45) is 0 Å². The molecule has 1 aliphatic carbocycles. The molecule has 1 atom stereocenters. The van der Waals surface area contributed by atoms with Crippen molar-refractivity contribution < 1.29 is 19.1 Å². The lowest BCUT2D eigenvalue weighted by Gasteiger charge is -2.32. The van der Waals surface area contributed by atoms with Crippen LogP contribution in [0.4, 0.5) is 4.39 Å². The van der Waals surface area contributed by atoms with E-state index in [1.54, 1.807) is 0 Å². The molecule has 32 heavy (non-hydrogen) atoms. The molecule has 1 aliphatic heterocycles. The van der Waals surface area contributed by atoms with Crippen LogP contribution in [0.2, 0.25) is 0 Å². The van der Waals surface area contributed by atoms with Crippen LogP contribution >= 0.6 is 0 Å². The van der Waals surface area contributed by atoms with Gasteiger partial charge in [0.15, 0.2) is 0 Å². The van der Waals surface area contributed by atoms with Crippen molar-refractivity contribution in [2.75, 3.05) is 13.1 Å². The molecule has 5 nitrogen and oxygen atoms in total. The minimum Gasteiger partial charge on any atom is -0.479 e. The Morgan fingerprint density at radius 2 is 1.75 bits per heavy atom. The maximum atomic E-state index is 12.5. The molecule has 0 bridgehead atoms. The number of carboxylic acid groups (broad SMARTS) is 1. The minimum absolute atomic E-state index is 0.0216. The second-order valence-electron chi connectivity index (χ2n) is 9.07. The van der Waals surface area contributed by atoms with Crippen LogP contribution in [-0.2, 0) is 24.2 Å². The Bertz CT molecular complexity index is 918. The van der Waals surface area contributed by atoms with Gasteiger partial charge in [-0.1, -0.05) is 36.4 Å². The van der Waals surface area contributed by atoms with E-state index in [-0.39, 0.29) is 5.91 Å². The summed E-state index contributed by atoms with van der Waals surface area (Å²) in [5.74, 6) is -1.40. The second-order valence-corrected chi connectivity index (χ2v) is 9.07. The summed E-state index contributed by atoms with van der Waals surface area (Å²) >= 11 is 0. The zero-order valence-electron chi connectivity index (χ0n) is 18.9. The van der Waals surface area contributed by atoms with Crippen LogP contribution in [0.1, 0.15) is 60.2 Å². The van der Waals surface area contributed by atoms with Crippen LogP contribution in [-0.4, -0.2) is 46.7 Å². The number of carboxylic acids is 1. The number of hydrogen-bond acceptors (Lipinski definition) is 3. The van der Waals surface area contributed by atoms with Crippen molar-refractivity contribution in [3.8, 4) is 0 Å². The Labute approximate surface area is 189 Å². The van der Waals surface area contributed by atoms with Gasteiger partial charge in [0.25, 0.3) is 5.91 Å². The molecule has 1 heterocycles. The van der Waals surface area contributed by atoms with Crippen LogP contribution in [0.3, 0.4) is 0 Å². The third kappa shape index (κ3) is 6.63. The summed E-state index contributed by atoms with van der Waals surface area (Å²) in [4.78, 5) is 24.8. The van der Waals surface area contributed by atoms with Crippen molar-refractivity contribution in [2.45, 2.75) is 64.2 Å². The lowest BCUT2D eigenvalue weighted by atomic mass is 9.86. The van der Waals surface area contributed by atoms with Crippen LogP contribution in [0, 0.1) is 0 Å². The molecule has 6 heteroatoms. The number of nitrogens with zero attached hydrogens (tertiary/aromatic N) is 1. The molecule has 2 aliphatic rings. The Balaban J connectivity index is 0.000000360. The number of aliphatic carboxylic acids is 1. The number of alkyl halides is 1. The summed E-state index contributed by atoms with van der Waals surface area (Å²) in [6.45, 7) is 5.10. The molecule has 2 aromatic rings. The molecule has 172 valence electrons. The van der Waals surface area contributed by atoms with Gasteiger partial charge in [0.1, 0.15) is 0 Å². The van der Waals surface area contributed by atoms with Crippen molar-refractivity contribution in [3.05, 3.63) is 70.8 Å². The van der Waals surface area contributed by atoms with E-state index in [2.05, 4.69) is 22.3 Å². The first-order valence-electron chi connectivity index (χ1n) is 11.3. The van der Waals surface area contributed by atoms with Crippen LogP contribution in [0.15, 0.2) is 48.5 Å². The Kier molecular flexibility index (Phi) is 8.02. The third-order valence-corrected chi connectivity index (χ3v) is 6.13. The van der Waals surface area contributed by atoms with Crippen molar-refractivity contribution in [3.63, 3.8) is 0 Å². The SMILES string of the molecule is CC(C)(F)C(=O)O.O=C(NCc1ccccc1)c1ccc2c(c1)CCC(N1CCCC1)C2. The summed E-state index contributed by atoms with van der Waals surface area (Å²) < 4.78 is 11.9. The quantitative estimate of drug-likeness (QED) is 0.724. The maximum absolute atomic E-state index is 12.5. The summed E-state index contributed by atoms with van der Waals surface area (Å²) in [7, 11) is 0. The first-order valence-corrected chi connectivity index (χ1v) is 11.3. The van der Waals surface area contributed by atoms with Gasteiger partial charge in [-0.25, -0.2) is 9.18 Å². The van der Waals surface area contributed by atoms with Crippen LogP contribution in [0.25, 0.3) is 0 Å². The van der Waals surface area contributed by atoms with Gasteiger partial charge in [0.2, 0.25) is 5.67 Å². The highest BCUT2D eigenvalue weighted by Crippen LogP contribution is 2.27. The van der Waals surface area contributed by atoms with Gasteiger partial charge in [0.05, 0.1) is 0 Å². The van der Waals surface area contributed by atoms with Gasteiger partial charge in [-0.15, -0.1) is 0 Å². The van der Waals surface area contributed by atoms with E-state index >= 15 is 0 Å². The highest BCUT2D eigenvalue weighted by Gasteiger charge is 2.26. The summed E-state index contributed by atoms with van der Waals surface area (Å²) in [5, 5.41) is 10.9. The largest absolute Gasteiger partial charge is 0.479 e. The fourth-order valence-corrected chi connectivity index (χ4v) is 4.18. The van der Waals surface area contributed by atoms with E-state index in [1.807, 2.05) is 36.4 Å². The standard InChI is InChI=1S/C22H26N2O.C4H7FO2/c25-22(23-16-17-6-2-1-3-7-17)20-9-8-19-15-21(11-10-18(19)14-20)24-12-4-5-13-24;1-4(2,5)3(6)7/h1-3,6-9,14,21H,4-5,10-13,15-16H2,(H,23,25);1-2H3,(H,6,7). The fraction of sp³-hybridized carbons (Fsp3) is 0.462. The van der Waals surface area contributed by atoms with E-state index in [1.165, 1.54) is 43.5 Å². The number of benzene rings is 2. The molecule has 1 fully saturated rings. The number of nitrogens with one attached hydrogen (secondary N) is 1. The summed E-state index contributed by atoms with van der Waals surface area (Å²) in [6, 6.07) is 17.0. The number of likely N-dealkylation sites (tertiary alicyclic amines) is 1. The highest BCUT2D eigenvalue weighted by atomic mass is 19.1. The van der Waals surface area contributed by atoms with Crippen molar-refractivity contribution in [1.29, 1.82) is 0 Å². The average molecular weight is 441 g/mol. The number of carbonyl (C=O) groups excluding carboxylic acids is 1. The van der Waals surface area contributed by atoms with Gasteiger partial charge in [-0.2, -0.15) is 0 Å². The van der Waals surface area contributed by atoms with Crippen LogP contribution < -0.4 is 5.32 Å². The van der Waals surface area contributed by atoms with Crippen molar-refractivity contribution >= 4 is 11.9 Å². The molecule has 2 aromatic carbocycles. The molecule has 4 rings (SSSR count). The van der Waals surface area contributed by atoms with Gasteiger partial charge >= 0.3 is 5.97 Å². The van der Waals surface area contributed by atoms with Gasteiger partial charge in [-0.05, 0) is 87.9 Å². The van der Waals surface area contributed by atoms with E-state index in [4.69, 9.17) is 5.11 Å². The number of amides is 1. The zero-order chi connectivity index (χ0) is 23.1. The lowest BCUT2D eigenvalue weighted by molar-refractivity contribution is -0.148. The molecule has 1 amide bonds. The van der Waals surface area contributed by atoms with Crippen LogP contribution in [0.5, 0.6) is 0 Å². The molecule has 0 saturated carbocycles. The lowest BCUT2D eigenvalue weighted by Crippen LogP contribution is -2.37. The van der Waals surface area contributed by atoms with E-state index in [0.29, 0.717) is 12.6 Å². The Morgan fingerprint density at radius 1 is 1.09 bits per heavy atom. The summed E-state index contributed by atoms with van der Waals surface area (Å²) in [6.07, 6.45) is 6.16. The average Bonchev–Trinajstić information content (AvgIpc) is 3.32. The first kappa shape index (κ1) is 23.9. The minimum atomic E-state index is -2.08.